The highest BCUT2D eigenvalue weighted by Crippen LogP contribution is 2.26. The summed E-state index contributed by atoms with van der Waals surface area (Å²) in [5, 5.41) is 6.94. The molecular formula is C19H15BrFN3S. The fourth-order valence-corrected chi connectivity index (χ4v) is 3.00. The maximum atomic E-state index is 13.6. The first kappa shape index (κ1) is 17.5. The topological polar surface area (TPSA) is 37.3 Å². The Morgan fingerprint density at radius 3 is 2.72 bits per heavy atom. The first-order chi connectivity index (χ1) is 12.1. The molecule has 0 saturated carbocycles. The van der Waals surface area contributed by atoms with E-state index in [9.17, 15) is 4.39 Å². The number of anilines is 1. The van der Waals surface area contributed by atoms with Crippen LogP contribution in [0.15, 0.2) is 69.6 Å². The second kappa shape index (κ2) is 8.18. The Kier molecular flexibility index (Phi) is 5.73. The van der Waals surface area contributed by atoms with Gasteiger partial charge in [-0.3, -0.25) is 5.43 Å². The Bertz CT molecular complexity index is 916. The molecule has 1 aromatic heterocycles. The van der Waals surface area contributed by atoms with E-state index in [2.05, 4.69) is 31.4 Å². The number of allylic oxidation sites excluding steroid dienone is 1. The average Bonchev–Trinajstić information content (AvgIpc) is 3.09. The molecule has 3 rings (SSSR count). The number of hydrazone groups is 1. The smallest absolute Gasteiger partial charge is 0.203 e. The van der Waals surface area contributed by atoms with Crippen LogP contribution in [-0.2, 0) is 0 Å². The molecule has 0 fully saturated rings. The molecule has 0 aliphatic rings. The largest absolute Gasteiger partial charge is 0.252 e. The zero-order valence-corrected chi connectivity index (χ0v) is 15.8. The summed E-state index contributed by atoms with van der Waals surface area (Å²) in [6.07, 6.45) is 3.46. The molecule has 2 aromatic carbocycles. The minimum Gasteiger partial charge on any atom is -0.252 e. The van der Waals surface area contributed by atoms with E-state index in [4.69, 9.17) is 0 Å². The van der Waals surface area contributed by atoms with Gasteiger partial charge in [-0.15, -0.1) is 11.3 Å². The van der Waals surface area contributed by atoms with Crippen LogP contribution in [0.3, 0.4) is 0 Å². The van der Waals surface area contributed by atoms with Crippen molar-refractivity contribution in [3.8, 4) is 11.3 Å². The Balaban J connectivity index is 1.65. The summed E-state index contributed by atoms with van der Waals surface area (Å²) in [6.45, 7) is 1.84. The summed E-state index contributed by atoms with van der Waals surface area (Å²) in [4.78, 5) is 4.52. The highest BCUT2D eigenvalue weighted by atomic mass is 79.9. The zero-order chi connectivity index (χ0) is 17.6. The number of aromatic nitrogens is 1. The molecule has 0 radical (unpaired) electrons. The number of halogens is 2. The minimum atomic E-state index is -0.251. The van der Waals surface area contributed by atoms with E-state index in [1.54, 1.807) is 30.4 Å². The number of hydrogen-bond acceptors (Lipinski definition) is 4. The SMILES string of the molecule is CC(/C=C/c1ccccc1F)=N/Nc1nc(-c2ccc(Br)cc2)cs1. The van der Waals surface area contributed by atoms with Crippen molar-refractivity contribution in [3.05, 3.63) is 75.8 Å². The van der Waals surface area contributed by atoms with E-state index in [1.807, 2.05) is 36.6 Å². The van der Waals surface area contributed by atoms with Gasteiger partial charge in [0.15, 0.2) is 0 Å². The molecule has 1 N–H and O–H groups in total. The standard InChI is InChI=1S/C19H15BrFN3S/c1-13(6-7-14-4-2-3-5-17(14)21)23-24-19-22-18(12-25-19)15-8-10-16(20)11-9-15/h2-12H,1H3,(H,22,24)/b7-6+,23-13-. The fourth-order valence-electron chi connectivity index (χ4n) is 2.07. The van der Waals surface area contributed by atoms with Gasteiger partial charge in [0.25, 0.3) is 0 Å². The summed E-state index contributed by atoms with van der Waals surface area (Å²) in [5.41, 5.74) is 6.14. The zero-order valence-electron chi connectivity index (χ0n) is 13.4. The van der Waals surface area contributed by atoms with Gasteiger partial charge in [-0.2, -0.15) is 5.10 Å². The highest BCUT2D eigenvalue weighted by molar-refractivity contribution is 9.10. The Morgan fingerprint density at radius 1 is 1.20 bits per heavy atom. The number of nitrogens with one attached hydrogen (secondary N) is 1. The van der Waals surface area contributed by atoms with Gasteiger partial charge in [0, 0.05) is 21.0 Å². The molecule has 126 valence electrons. The molecule has 0 aliphatic carbocycles. The van der Waals surface area contributed by atoms with Crippen LogP contribution in [0.5, 0.6) is 0 Å². The molecule has 0 atom stereocenters. The molecule has 0 unspecified atom stereocenters. The van der Waals surface area contributed by atoms with E-state index >= 15 is 0 Å². The van der Waals surface area contributed by atoms with E-state index in [0.717, 1.165) is 21.4 Å². The van der Waals surface area contributed by atoms with Crippen LogP contribution in [0.4, 0.5) is 9.52 Å². The second-order valence-corrected chi connectivity index (χ2v) is 7.04. The van der Waals surface area contributed by atoms with Crippen LogP contribution in [0.1, 0.15) is 12.5 Å². The average molecular weight is 416 g/mol. The number of benzene rings is 2. The predicted octanol–water partition coefficient (Wildman–Crippen LogP) is 6.21. The van der Waals surface area contributed by atoms with Gasteiger partial charge in [-0.25, -0.2) is 9.37 Å². The molecular weight excluding hydrogens is 401 g/mol. The molecule has 3 aromatic rings. The second-order valence-electron chi connectivity index (χ2n) is 5.26. The number of rotatable bonds is 5. The molecule has 0 amide bonds. The Hall–Kier alpha value is -2.31. The Morgan fingerprint density at radius 2 is 1.96 bits per heavy atom. The maximum Gasteiger partial charge on any atom is 0.203 e. The lowest BCUT2D eigenvalue weighted by Gasteiger charge is -1.98. The van der Waals surface area contributed by atoms with Crippen molar-refractivity contribution in [2.75, 3.05) is 5.43 Å². The van der Waals surface area contributed by atoms with Crippen molar-refractivity contribution in [1.29, 1.82) is 0 Å². The number of nitrogens with zero attached hydrogens (tertiary/aromatic N) is 2. The summed E-state index contributed by atoms with van der Waals surface area (Å²) >= 11 is 4.90. The van der Waals surface area contributed by atoms with Crippen molar-refractivity contribution >= 4 is 44.2 Å². The van der Waals surface area contributed by atoms with Gasteiger partial charge in [-0.1, -0.05) is 52.3 Å². The van der Waals surface area contributed by atoms with Gasteiger partial charge < -0.3 is 0 Å². The lowest BCUT2D eigenvalue weighted by Crippen LogP contribution is -1.94. The molecule has 1 heterocycles. The fraction of sp³-hybridized carbons (Fsp3) is 0.0526. The molecule has 0 aliphatic heterocycles. The van der Waals surface area contributed by atoms with Crippen molar-refractivity contribution in [2.24, 2.45) is 5.10 Å². The molecule has 0 bridgehead atoms. The molecule has 6 heteroatoms. The molecule has 25 heavy (non-hydrogen) atoms. The van der Waals surface area contributed by atoms with Gasteiger partial charge in [0.2, 0.25) is 5.13 Å². The summed E-state index contributed by atoms with van der Waals surface area (Å²) in [5.74, 6) is -0.251. The highest BCUT2D eigenvalue weighted by Gasteiger charge is 2.04. The lowest BCUT2D eigenvalue weighted by atomic mass is 10.2. The number of hydrogen-bond donors (Lipinski definition) is 1. The molecule has 3 nitrogen and oxygen atoms in total. The maximum absolute atomic E-state index is 13.6. The molecule has 0 saturated heterocycles. The summed E-state index contributed by atoms with van der Waals surface area (Å²) in [7, 11) is 0. The van der Waals surface area contributed by atoms with Crippen LogP contribution in [0, 0.1) is 5.82 Å². The minimum absolute atomic E-state index is 0.251. The van der Waals surface area contributed by atoms with Crippen molar-refractivity contribution in [1.82, 2.24) is 4.98 Å². The van der Waals surface area contributed by atoms with E-state index < -0.39 is 0 Å². The summed E-state index contributed by atoms with van der Waals surface area (Å²) in [6, 6.07) is 14.6. The third-order valence-electron chi connectivity index (χ3n) is 3.38. The first-order valence-electron chi connectivity index (χ1n) is 7.56. The van der Waals surface area contributed by atoms with E-state index in [1.165, 1.54) is 17.4 Å². The first-order valence-corrected chi connectivity index (χ1v) is 9.23. The van der Waals surface area contributed by atoms with Crippen molar-refractivity contribution in [2.45, 2.75) is 6.92 Å². The van der Waals surface area contributed by atoms with E-state index in [0.29, 0.717) is 10.7 Å². The van der Waals surface area contributed by atoms with Crippen LogP contribution in [-0.4, -0.2) is 10.7 Å². The number of thiazole rings is 1. The van der Waals surface area contributed by atoms with Gasteiger partial charge >= 0.3 is 0 Å². The lowest BCUT2D eigenvalue weighted by molar-refractivity contribution is 0.625. The van der Waals surface area contributed by atoms with Crippen LogP contribution >= 0.6 is 27.3 Å². The van der Waals surface area contributed by atoms with Crippen LogP contribution < -0.4 is 5.43 Å². The van der Waals surface area contributed by atoms with Crippen LogP contribution in [0.25, 0.3) is 17.3 Å². The summed E-state index contributed by atoms with van der Waals surface area (Å²) < 4.78 is 14.6. The van der Waals surface area contributed by atoms with Gasteiger partial charge in [0.1, 0.15) is 5.82 Å². The predicted molar refractivity (Wildman–Crippen MR) is 107 cm³/mol. The van der Waals surface area contributed by atoms with Gasteiger partial charge in [-0.05, 0) is 31.2 Å². The normalized spacial score (nSPS) is 11.9. The third-order valence-corrected chi connectivity index (χ3v) is 4.66. The monoisotopic (exact) mass is 415 g/mol. The third kappa shape index (κ3) is 4.84. The molecule has 0 spiro atoms. The quantitative estimate of drug-likeness (QED) is 0.397. The Labute approximate surface area is 158 Å². The van der Waals surface area contributed by atoms with Gasteiger partial charge in [0.05, 0.1) is 11.4 Å². The van der Waals surface area contributed by atoms with E-state index in [-0.39, 0.29) is 5.82 Å². The van der Waals surface area contributed by atoms with Crippen LogP contribution in [0.2, 0.25) is 0 Å². The van der Waals surface area contributed by atoms with Crippen molar-refractivity contribution < 1.29 is 4.39 Å². The van der Waals surface area contributed by atoms with Crippen molar-refractivity contribution in [3.63, 3.8) is 0 Å².